The molecule has 0 aromatic carbocycles. The molecule has 136 valence electrons. The molecule has 0 aliphatic carbocycles. The molecule has 0 bridgehead atoms. The fraction of sp³-hybridized carbons (Fsp3) is 0.684. The zero-order valence-corrected chi connectivity index (χ0v) is 16.8. The number of nitrogens with two attached hydrogens (primary N) is 1. The van der Waals surface area contributed by atoms with Gasteiger partial charge in [0.25, 0.3) is 0 Å². The van der Waals surface area contributed by atoms with Crippen molar-refractivity contribution >= 4 is 29.4 Å². The summed E-state index contributed by atoms with van der Waals surface area (Å²) in [6.45, 7) is 4.45. The van der Waals surface area contributed by atoms with E-state index in [0.717, 1.165) is 21.6 Å². The van der Waals surface area contributed by atoms with Gasteiger partial charge in [0.1, 0.15) is 0 Å². The maximum atomic E-state index is 11.5. The lowest BCUT2D eigenvalue weighted by Gasteiger charge is -2.07. The van der Waals surface area contributed by atoms with Crippen LogP contribution in [0.25, 0.3) is 0 Å². The molecular formula is C19H32N2OS2. The monoisotopic (exact) mass is 368 g/mol. The number of hydrogen-bond donors (Lipinski definition) is 1. The summed E-state index contributed by atoms with van der Waals surface area (Å²) in [5, 5.41) is 1.86. The van der Waals surface area contributed by atoms with E-state index in [1.807, 2.05) is 12.1 Å². The predicted octanol–water partition coefficient (Wildman–Crippen LogP) is 5.92. The van der Waals surface area contributed by atoms with E-state index in [1.165, 1.54) is 57.8 Å². The minimum absolute atomic E-state index is 0.366. The van der Waals surface area contributed by atoms with Gasteiger partial charge >= 0.3 is 0 Å². The maximum absolute atomic E-state index is 11.5. The third-order valence-corrected chi connectivity index (χ3v) is 5.80. The van der Waals surface area contributed by atoms with Crippen LogP contribution in [0.1, 0.15) is 82.0 Å². The van der Waals surface area contributed by atoms with E-state index < -0.39 is 0 Å². The molecule has 0 fully saturated rings. The molecule has 0 saturated heterocycles. The van der Waals surface area contributed by atoms with Crippen LogP contribution < -0.4 is 5.73 Å². The van der Waals surface area contributed by atoms with Crippen molar-refractivity contribution < 1.29 is 4.79 Å². The molecule has 2 N–H and O–H groups in total. The summed E-state index contributed by atoms with van der Waals surface area (Å²) < 4.78 is 0. The number of unbranched alkanes of at least 4 members (excludes halogenated alkanes) is 7. The second-order valence-electron chi connectivity index (χ2n) is 6.07. The number of thioether (sulfide) groups is 2. The number of aromatic nitrogens is 1. The lowest BCUT2D eigenvalue weighted by molar-refractivity contribution is 0.0999. The average molecular weight is 369 g/mol. The lowest BCUT2D eigenvalue weighted by Crippen LogP contribution is -2.11. The number of carbonyl (C=O) groups excluding carboxylic acids is 1. The number of nitrogens with zero attached hydrogens (tertiary/aromatic N) is 1. The molecule has 0 radical (unpaired) electrons. The van der Waals surface area contributed by atoms with Crippen molar-refractivity contribution in [3.05, 3.63) is 17.7 Å². The van der Waals surface area contributed by atoms with Crippen molar-refractivity contribution in [1.29, 1.82) is 0 Å². The number of carbonyl (C=O) groups is 1. The first-order valence-electron chi connectivity index (χ1n) is 9.24. The summed E-state index contributed by atoms with van der Waals surface area (Å²) in [6.07, 6.45) is 11.4. The van der Waals surface area contributed by atoms with Crippen molar-refractivity contribution in [3.63, 3.8) is 0 Å². The van der Waals surface area contributed by atoms with Gasteiger partial charge in [-0.2, -0.15) is 0 Å². The minimum Gasteiger partial charge on any atom is -0.366 e. The van der Waals surface area contributed by atoms with Gasteiger partial charge in [0.05, 0.1) is 10.1 Å². The van der Waals surface area contributed by atoms with Gasteiger partial charge in [-0.3, -0.25) is 4.79 Å². The van der Waals surface area contributed by atoms with E-state index >= 15 is 0 Å². The van der Waals surface area contributed by atoms with Crippen LogP contribution >= 0.6 is 23.5 Å². The molecule has 0 spiro atoms. The molecule has 1 amide bonds. The number of rotatable bonds is 14. The first kappa shape index (κ1) is 21.4. The van der Waals surface area contributed by atoms with E-state index in [-0.39, 0.29) is 5.91 Å². The van der Waals surface area contributed by atoms with Crippen LogP contribution in [-0.2, 0) is 0 Å². The van der Waals surface area contributed by atoms with Crippen LogP contribution in [0.5, 0.6) is 0 Å². The predicted molar refractivity (Wildman–Crippen MR) is 107 cm³/mol. The lowest BCUT2D eigenvalue weighted by atomic mass is 10.2. The van der Waals surface area contributed by atoms with Crippen molar-refractivity contribution in [2.45, 2.75) is 81.7 Å². The highest BCUT2D eigenvalue weighted by Crippen LogP contribution is 2.25. The fourth-order valence-electron chi connectivity index (χ4n) is 2.36. The Labute approximate surface area is 156 Å². The van der Waals surface area contributed by atoms with Gasteiger partial charge in [0.15, 0.2) is 0 Å². The average Bonchev–Trinajstić information content (AvgIpc) is 2.57. The van der Waals surface area contributed by atoms with Gasteiger partial charge in [0, 0.05) is 5.56 Å². The van der Waals surface area contributed by atoms with E-state index in [0.29, 0.717) is 5.56 Å². The summed E-state index contributed by atoms with van der Waals surface area (Å²) in [5.74, 6) is 1.74. The van der Waals surface area contributed by atoms with Gasteiger partial charge in [-0.1, -0.05) is 58.8 Å². The van der Waals surface area contributed by atoms with Gasteiger partial charge < -0.3 is 5.73 Å². The smallest absolute Gasteiger partial charge is 0.248 e. The van der Waals surface area contributed by atoms with Crippen LogP contribution in [0.3, 0.4) is 0 Å². The molecule has 0 aliphatic heterocycles. The largest absolute Gasteiger partial charge is 0.366 e. The minimum atomic E-state index is -0.366. The molecule has 1 rings (SSSR count). The van der Waals surface area contributed by atoms with Gasteiger partial charge in [-0.25, -0.2) is 4.98 Å². The summed E-state index contributed by atoms with van der Waals surface area (Å²) in [7, 11) is 0. The number of amides is 1. The summed E-state index contributed by atoms with van der Waals surface area (Å²) in [6, 6.07) is 3.66. The van der Waals surface area contributed by atoms with E-state index in [2.05, 4.69) is 18.8 Å². The molecule has 1 aromatic rings. The Morgan fingerprint density at radius 3 is 1.79 bits per heavy atom. The number of pyridine rings is 1. The Hall–Kier alpha value is -0.680. The molecular weight excluding hydrogens is 336 g/mol. The van der Waals surface area contributed by atoms with Gasteiger partial charge in [-0.05, 0) is 36.5 Å². The van der Waals surface area contributed by atoms with Crippen LogP contribution in [-0.4, -0.2) is 22.4 Å². The molecule has 0 saturated carbocycles. The molecule has 0 aliphatic rings. The quantitative estimate of drug-likeness (QED) is 0.327. The van der Waals surface area contributed by atoms with E-state index in [4.69, 9.17) is 5.73 Å². The van der Waals surface area contributed by atoms with Crippen molar-refractivity contribution in [2.75, 3.05) is 11.5 Å². The Morgan fingerprint density at radius 2 is 1.33 bits per heavy atom. The molecule has 1 heterocycles. The molecule has 24 heavy (non-hydrogen) atoms. The molecule has 0 atom stereocenters. The third kappa shape index (κ3) is 9.58. The van der Waals surface area contributed by atoms with Crippen LogP contribution in [0, 0.1) is 0 Å². The molecule has 1 aromatic heterocycles. The second kappa shape index (κ2) is 13.6. The normalized spacial score (nSPS) is 10.9. The van der Waals surface area contributed by atoms with E-state index in [9.17, 15) is 4.79 Å². The third-order valence-electron chi connectivity index (χ3n) is 3.81. The number of primary amides is 1. The standard InChI is InChI=1S/C19H32N2OS2/c1-3-5-7-9-11-13-24-18-15-16(19(20)22)14-17(21-18)23-12-10-8-6-4-2/h14-15H,3-13H2,1-2H3,(H2,20,22). The number of hydrogen-bond acceptors (Lipinski definition) is 4. The highest BCUT2D eigenvalue weighted by molar-refractivity contribution is 7.99. The Kier molecular flexibility index (Phi) is 12.1. The molecule has 0 unspecified atom stereocenters. The maximum Gasteiger partial charge on any atom is 0.248 e. The zero-order valence-electron chi connectivity index (χ0n) is 15.2. The zero-order chi connectivity index (χ0) is 17.6. The van der Waals surface area contributed by atoms with Crippen LogP contribution in [0.2, 0.25) is 0 Å². The SMILES string of the molecule is CCCCCCCSc1cc(C(N)=O)cc(SCCCCCC)n1. The van der Waals surface area contributed by atoms with Crippen molar-refractivity contribution in [2.24, 2.45) is 5.73 Å². The van der Waals surface area contributed by atoms with Gasteiger partial charge in [0.2, 0.25) is 5.91 Å². The second-order valence-corrected chi connectivity index (χ2v) is 8.30. The van der Waals surface area contributed by atoms with Gasteiger partial charge in [-0.15, -0.1) is 23.5 Å². The molecule has 5 heteroatoms. The van der Waals surface area contributed by atoms with Crippen LogP contribution in [0.15, 0.2) is 22.2 Å². The Bertz CT molecular complexity index is 480. The topological polar surface area (TPSA) is 56.0 Å². The highest BCUT2D eigenvalue weighted by Gasteiger charge is 2.08. The Balaban J connectivity index is 2.49. The molecule has 3 nitrogen and oxygen atoms in total. The van der Waals surface area contributed by atoms with Crippen molar-refractivity contribution in [1.82, 2.24) is 4.98 Å². The van der Waals surface area contributed by atoms with E-state index in [1.54, 1.807) is 23.5 Å². The van der Waals surface area contributed by atoms with Crippen LogP contribution in [0.4, 0.5) is 0 Å². The highest BCUT2D eigenvalue weighted by atomic mass is 32.2. The summed E-state index contributed by atoms with van der Waals surface area (Å²) in [5.41, 5.74) is 6.05. The van der Waals surface area contributed by atoms with Crippen molar-refractivity contribution in [3.8, 4) is 0 Å². The fourth-order valence-corrected chi connectivity index (χ4v) is 4.28. The Morgan fingerprint density at radius 1 is 0.875 bits per heavy atom. The first-order chi connectivity index (χ1) is 11.7. The summed E-state index contributed by atoms with van der Waals surface area (Å²) in [4.78, 5) is 16.2. The first-order valence-corrected chi connectivity index (χ1v) is 11.2. The summed E-state index contributed by atoms with van der Waals surface area (Å²) >= 11 is 3.47.